The number of nitrogens with two attached hydrogens (primary N) is 1. The van der Waals surface area contributed by atoms with Crippen molar-refractivity contribution in [3.8, 4) is 0 Å². The molecule has 0 aliphatic heterocycles. The molecule has 1 aromatic heterocycles. The molecule has 0 aromatic carbocycles. The standard InChI is InChI=1S/C7H14N4/c1-7(4-8)2-3-11-6-9-5-10-11/h5-7H,2-4,8H2,1H3. The first-order valence-electron chi connectivity index (χ1n) is 3.85. The van der Waals surface area contributed by atoms with Crippen molar-refractivity contribution >= 4 is 0 Å². The van der Waals surface area contributed by atoms with Gasteiger partial charge in [-0.05, 0) is 18.9 Å². The summed E-state index contributed by atoms with van der Waals surface area (Å²) < 4.78 is 1.83. The van der Waals surface area contributed by atoms with E-state index in [1.54, 1.807) is 12.7 Å². The molecule has 0 bridgehead atoms. The van der Waals surface area contributed by atoms with E-state index >= 15 is 0 Å². The molecule has 4 heteroatoms. The summed E-state index contributed by atoms with van der Waals surface area (Å²) in [4.78, 5) is 3.85. The lowest BCUT2D eigenvalue weighted by Crippen LogP contribution is -2.13. The minimum Gasteiger partial charge on any atom is -0.330 e. The molecule has 11 heavy (non-hydrogen) atoms. The van der Waals surface area contributed by atoms with Gasteiger partial charge in [0.2, 0.25) is 0 Å². The molecule has 1 unspecified atom stereocenters. The number of hydrogen-bond donors (Lipinski definition) is 1. The zero-order valence-electron chi connectivity index (χ0n) is 6.77. The van der Waals surface area contributed by atoms with E-state index in [-0.39, 0.29) is 0 Å². The maximum absolute atomic E-state index is 5.47. The van der Waals surface area contributed by atoms with Crippen LogP contribution in [0.4, 0.5) is 0 Å². The van der Waals surface area contributed by atoms with Crippen LogP contribution in [0.2, 0.25) is 0 Å². The Bertz CT molecular complexity index is 182. The van der Waals surface area contributed by atoms with Gasteiger partial charge in [-0.15, -0.1) is 0 Å². The first-order chi connectivity index (χ1) is 5.33. The molecular weight excluding hydrogens is 140 g/mol. The average molecular weight is 154 g/mol. The topological polar surface area (TPSA) is 56.7 Å². The molecule has 1 atom stereocenters. The lowest BCUT2D eigenvalue weighted by molar-refractivity contribution is 0.465. The van der Waals surface area contributed by atoms with Crippen molar-refractivity contribution < 1.29 is 0 Å². The van der Waals surface area contributed by atoms with Crippen molar-refractivity contribution in [2.75, 3.05) is 6.54 Å². The normalized spacial score (nSPS) is 13.3. The van der Waals surface area contributed by atoms with E-state index in [0.29, 0.717) is 5.92 Å². The third-order valence-corrected chi connectivity index (χ3v) is 1.72. The zero-order valence-corrected chi connectivity index (χ0v) is 6.77. The lowest BCUT2D eigenvalue weighted by atomic mass is 10.1. The van der Waals surface area contributed by atoms with Crippen molar-refractivity contribution in [1.29, 1.82) is 0 Å². The summed E-state index contributed by atoms with van der Waals surface area (Å²) in [7, 11) is 0. The van der Waals surface area contributed by atoms with Crippen molar-refractivity contribution in [3.63, 3.8) is 0 Å². The molecule has 0 fully saturated rings. The Morgan fingerprint density at radius 3 is 3.00 bits per heavy atom. The Morgan fingerprint density at radius 2 is 2.45 bits per heavy atom. The van der Waals surface area contributed by atoms with Crippen LogP contribution < -0.4 is 5.73 Å². The van der Waals surface area contributed by atoms with Crippen LogP contribution >= 0.6 is 0 Å². The Balaban J connectivity index is 2.23. The summed E-state index contributed by atoms with van der Waals surface area (Å²) in [5.74, 6) is 0.569. The van der Waals surface area contributed by atoms with Crippen LogP contribution in [0.15, 0.2) is 12.7 Å². The van der Waals surface area contributed by atoms with E-state index in [4.69, 9.17) is 5.73 Å². The summed E-state index contributed by atoms with van der Waals surface area (Å²) >= 11 is 0. The van der Waals surface area contributed by atoms with Gasteiger partial charge in [0, 0.05) is 6.54 Å². The fourth-order valence-electron chi connectivity index (χ4n) is 0.819. The third-order valence-electron chi connectivity index (χ3n) is 1.72. The quantitative estimate of drug-likeness (QED) is 0.677. The van der Waals surface area contributed by atoms with Crippen LogP contribution in [0, 0.1) is 5.92 Å². The summed E-state index contributed by atoms with van der Waals surface area (Å²) in [5, 5.41) is 3.99. The average Bonchev–Trinajstić information content (AvgIpc) is 2.52. The molecule has 0 spiro atoms. The molecule has 0 aliphatic rings. The van der Waals surface area contributed by atoms with Gasteiger partial charge in [0.05, 0.1) is 0 Å². The highest BCUT2D eigenvalue weighted by Gasteiger charge is 1.98. The summed E-state index contributed by atoms with van der Waals surface area (Å²) in [6.07, 6.45) is 4.34. The highest BCUT2D eigenvalue weighted by atomic mass is 15.3. The molecule has 0 radical (unpaired) electrons. The van der Waals surface area contributed by atoms with E-state index in [1.165, 1.54) is 0 Å². The first kappa shape index (κ1) is 8.20. The second kappa shape index (κ2) is 4.08. The molecule has 0 saturated heterocycles. The zero-order chi connectivity index (χ0) is 8.10. The van der Waals surface area contributed by atoms with Crippen LogP contribution in [0.1, 0.15) is 13.3 Å². The first-order valence-corrected chi connectivity index (χ1v) is 3.85. The fraction of sp³-hybridized carbons (Fsp3) is 0.714. The van der Waals surface area contributed by atoms with E-state index in [1.807, 2.05) is 4.68 Å². The molecule has 1 aromatic rings. The molecule has 0 amide bonds. The van der Waals surface area contributed by atoms with E-state index in [0.717, 1.165) is 19.5 Å². The largest absolute Gasteiger partial charge is 0.330 e. The van der Waals surface area contributed by atoms with E-state index < -0.39 is 0 Å². The molecule has 1 rings (SSSR count). The van der Waals surface area contributed by atoms with Crippen molar-refractivity contribution in [2.24, 2.45) is 11.7 Å². The van der Waals surface area contributed by atoms with Gasteiger partial charge in [0.15, 0.2) is 0 Å². The van der Waals surface area contributed by atoms with Gasteiger partial charge in [0.25, 0.3) is 0 Å². The lowest BCUT2D eigenvalue weighted by Gasteiger charge is -2.06. The molecule has 1 heterocycles. The van der Waals surface area contributed by atoms with Crippen LogP contribution in [-0.4, -0.2) is 21.3 Å². The van der Waals surface area contributed by atoms with Gasteiger partial charge >= 0.3 is 0 Å². The number of hydrogen-bond acceptors (Lipinski definition) is 3. The Kier molecular flexibility index (Phi) is 3.04. The second-order valence-corrected chi connectivity index (χ2v) is 2.79. The second-order valence-electron chi connectivity index (χ2n) is 2.79. The predicted molar refractivity (Wildman–Crippen MR) is 42.9 cm³/mol. The Hall–Kier alpha value is -0.900. The molecule has 0 saturated carbocycles. The number of aromatic nitrogens is 3. The minimum atomic E-state index is 0.569. The van der Waals surface area contributed by atoms with Gasteiger partial charge in [-0.2, -0.15) is 5.10 Å². The Morgan fingerprint density at radius 1 is 1.64 bits per heavy atom. The number of nitrogens with zero attached hydrogens (tertiary/aromatic N) is 3. The molecule has 2 N–H and O–H groups in total. The predicted octanol–water partition coefficient (Wildman–Crippen LogP) is 0.263. The van der Waals surface area contributed by atoms with Crippen LogP contribution in [0.25, 0.3) is 0 Å². The van der Waals surface area contributed by atoms with Crippen molar-refractivity contribution in [3.05, 3.63) is 12.7 Å². The summed E-state index contributed by atoms with van der Waals surface area (Å²) in [5.41, 5.74) is 5.47. The van der Waals surface area contributed by atoms with Crippen molar-refractivity contribution in [1.82, 2.24) is 14.8 Å². The van der Waals surface area contributed by atoms with Gasteiger partial charge in [0.1, 0.15) is 12.7 Å². The van der Waals surface area contributed by atoms with Gasteiger partial charge in [-0.1, -0.05) is 6.92 Å². The highest BCUT2D eigenvalue weighted by molar-refractivity contribution is 4.58. The third kappa shape index (κ3) is 2.67. The molecule has 4 nitrogen and oxygen atoms in total. The van der Waals surface area contributed by atoms with E-state index in [9.17, 15) is 0 Å². The van der Waals surface area contributed by atoms with Crippen LogP contribution in [0.5, 0.6) is 0 Å². The SMILES string of the molecule is CC(CN)CCn1cncn1. The smallest absolute Gasteiger partial charge is 0.137 e. The fourth-order valence-corrected chi connectivity index (χ4v) is 0.819. The van der Waals surface area contributed by atoms with Crippen LogP contribution in [0.3, 0.4) is 0 Å². The Labute approximate surface area is 66.4 Å². The number of rotatable bonds is 4. The van der Waals surface area contributed by atoms with E-state index in [2.05, 4.69) is 17.0 Å². The highest BCUT2D eigenvalue weighted by Crippen LogP contribution is 1.99. The van der Waals surface area contributed by atoms with Gasteiger partial charge in [-0.25, -0.2) is 4.98 Å². The summed E-state index contributed by atoms with van der Waals surface area (Å²) in [6.45, 7) is 3.80. The monoisotopic (exact) mass is 154 g/mol. The number of aryl methyl sites for hydroxylation is 1. The maximum atomic E-state index is 5.47. The molecule has 0 aliphatic carbocycles. The summed E-state index contributed by atoms with van der Waals surface area (Å²) in [6, 6.07) is 0. The molecular formula is C7H14N4. The van der Waals surface area contributed by atoms with Gasteiger partial charge in [-0.3, -0.25) is 4.68 Å². The maximum Gasteiger partial charge on any atom is 0.137 e. The molecule has 62 valence electrons. The van der Waals surface area contributed by atoms with Gasteiger partial charge < -0.3 is 5.73 Å². The minimum absolute atomic E-state index is 0.569. The van der Waals surface area contributed by atoms with Crippen molar-refractivity contribution in [2.45, 2.75) is 19.9 Å². The van der Waals surface area contributed by atoms with Crippen LogP contribution in [-0.2, 0) is 6.54 Å².